The number of aromatic nitrogens is 4. The topological polar surface area (TPSA) is 66.8 Å². The molecule has 3 aromatic rings. The van der Waals surface area contributed by atoms with E-state index in [-0.39, 0.29) is 11.7 Å². The lowest BCUT2D eigenvalue weighted by Crippen LogP contribution is -2.57. The van der Waals surface area contributed by atoms with E-state index in [1.54, 1.807) is 18.6 Å². The molecule has 0 aliphatic carbocycles. The fourth-order valence-electron chi connectivity index (χ4n) is 3.52. The molecule has 1 atom stereocenters. The average molecular weight is 392 g/mol. The molecule has 1 N–H and O–H groups in total. The van der Waals surface area contributed by atoms with Gasteiger partial charge in [-0.15, -0.1) is 0 Å². The van der Waals surface area contributed by atoms with E-state index in [9.17, 15) is 4.39 Å². The second-order valence-corrected chi connectivity index (χ2v) is 7.55. The summed E-state index contributed by atoms with van der Waals surface area (Å²) < 4.78 is 13.2. The molecule has 1 fully saturated rings. The molecule has 4 rings (SSSR count). The standard InChI is InChI=1S/C22H25FN6/c1-15(16-3-5-17(23)6-4-16)9-21-27-18(10-19-12-25-7-8-26-19)11-22(28-21)29-13-20(14-29)24-2/h3-8,11-12,15,20,24H,9-10,13-14H2,1-2H3/t15-/m1/s1. The van der Waals surface area contributed by atoms with Crippen molar-refractivity contribution >= 4 is 5.82 Å². The first-order valence-electron chi connectivity index (χ1n) is 9.90. The Labute approximate surface area is 170 Å². The van der Waals surface area contributed by atoms with Crippen molar-refractivity contribution in [3.8, 4) is 0 Å². The second kappa shape index (κ2) is 8.61. The molecule has 1 aliphatic heterocycles. The van der Waals surface area contributed by atoms with Crippen molar-refractivity contribution in [2.24, 2.45) is 0 Å². The highest BCUT2D eigenvalue weighted by Crippen LogP contribution is 2.24. The highest BCUT2D eigenvalue weighted by molar-refractivity contribution is 5.44. The Kier molecular flexibility index (Phi) is 5.76. The van der Waals surface area contributed by atoms with Crippen LogP contribution in [0.1, 0.15) is 35.6 Å². The van der Waals surface area contributed by atoms with Crippen LogP contribution in [0.25, 0.3) is 0 Å². The van der Waals surface area contributed by atoms with Gasteiger partial charge in [0.15, 0.2) is 0 Å². The van der Waals surface area contributed by atoms with Crippen LogP contribution in [0.4, 0.5) is 10.2 Å². The van der Waals surface area contributed by atoms with Gasteiger partial charge in [0.2, 0.25) is 0 Å². The van der Waals surface area contributed by atoms with Crippen molar-refractivity contribution in [3.63, 3.8) is 0 Å². The van der Waals surface area contributed by atoms with E-state index in [2.05, 4.69) is 27.1 Å². The van der Waals surface area contributed by atoms with Gasteiger partial charge >= 0.3 is 0 Å². The molecule has 0 bridgehead atoms. The number of hydrogen-bond donors (Lipinski definition) is 1. The summed E-state index contributed by atoms with van der Waals surface area (Å²) in [5.41, 5.74) is 2.89. The zero-order valence-electron chi connectivity index (χ0n) is 16.7. The quantitative estimate of drug-likeness (QED) is 0.667. The Morgan fingerprint density at radius 3 is 2.62 bits per heavy atom. The maximum Gasteiger partial charge on any atom is 0.132 e. The molecule has 1 saturated heterocycles. The number of anilines is 1. The second-order valence-electron chi connectivity index (χ2n) is 7.55. The SMILES string of the molecule is CNC1CN(c2cc(Cc3cnccn3)nc(C[C@@H](C)c3ccc(F)cc3)n2)C1. The number of nitrogens with one attached hydrogen (secondary N) is 1. The first kappa shape index (κ1) is 19.4. The molecule has 29 heavy (non-hydrogen) atoms. The predicted molar refractivity (Wildman–Crippen MR) is 110 cm³/mol. The third-order valence-corrected chi connectivity index (χ3v) is 5.33. The Bertz CT molecular complexity index is 941. The molecule has 1 aromatic carbocycles. The molecule has 0 unspecified atom stereocenters. The van der Waals surface area contributed by atoms with Gasteiger partial charge in [0.25, 0.3) is 0 Å². The van der Waals surface area contributed by atoms with Crippen molar-refractivity contribution < 1.29 is 4.39 Å². The third-order valence-electron chi connectivity index (χ3n) is 5.33. The fraction of sp³-hybridized carbons (Fsp3) is 0.364. The van der Waals surface area contributed by atoms with Gasteiger partial charge in [-0.25, -0.2) is 14.4 Å². The minimum Gasteiger partial charge on any atom is -0.353 e. The van der Waals surface area contributed by atoms with Crippen molar-refractivity contribution in [3.05, 3.63) is 77.5 Å². The minimum absolute atomic E-state index is 0.191. The van der Waals surface area contributed by atoms with Crippen molar-refractivity contribution in [2.45, 2.75) is 31.7 Å². The first-order chi connectivity index (χ1) is 14.1. The van der Waals surface area contributed by atoms with E-state index in [4.69, 9.17) is 9.97 Å². The molecule has 6 nitrogen and oxygen atoms in total. The lowest BCUT2D eigenvalue weighted by Gasteiger charge is -2.40. The lowest BCUT2D eigenvalue weighted by atomic mass is 9.97. The molecule has 0 saturated carbocycles. The smallest absolute Gasteiger partial charge is 0.132 e. The van der Waals surface area contributed by atoms with Crippen LogP contribution in [0.3, 0.4) is 0 Å². The van der Waals surface area contributed by atoms with E-state index >= 15 is 0 Å². The van der Waals surface area contributed by atoms with Crippen LogP contribution in [0.2, 0.25) is 0 Å². The zero-order valence-corrected chi connectivity index (χ0v) is 16.7. The molecule has 1 aliphatic rings. The van der Waals surface area contributed by atoms with Gasteiger partial charge in [-0.2, -0.15) is 0 Å². The average Bonchev–Trinajstić information content (AvgIpc) is 2.68. The summed E-state index contributed by atoms with van der Waals surface area (Å²) in [7, 11) is 1.98. The van der Waals surface area contributed by atoms with Crippen LogP contribution in [0.15, 0.2) is 48.9 Å². The van der Waals surface area contributed by atoms with Gasteiger partial charge in [-0.3, -0.25) is 9.97 Å². The Balaban J connectivity index is 1.57. The van der Waals surface area contributed by atoms with Crippen LogP contribution in [0.5, 0.6) is 0 Å². The Hall–Kier alpha value is -2.93. The number of hydrogen-bond acceptors (Lipinski definition) is 6. The van der Waals surface area contributed by atoms with Gasteiger partial charge in [0.1, 0.15) is 17.5 Å². The molecule has 0 spiro atoms. The normalized spacial score (nSPS) is 15.2. The summed E-state index contributed by atoms with van der Waals surface area (Å²) in [4.78, 5) is 20.4. The summed E-state index contributed by atoms with van der Waals surface area (Å²) in [5, 5.41) is 3.29. The van der Waals surface area contributed by atoms with Gasteiger partial charge in [-0.1, -0.05) is 19.1 Å². The van der Waals surface area contributed by atoms with Crippen molar-refractivity contribution in [1.82, 2.24) is 25.3 Å². The first-order valence-corrected chi connectivity index (χ1v) is 9.90. The number of rotatable bonds is 7. The number of benzene rings is 1. The number of halogens is 1. The van der Waals surface area contributed by atoms with Gasteiger partial charge in [0, 0.05) is 56.6 Å². The van der Waals surface area contributed by atoms with Crippen LogP contribution >= 0.6 is 0 Å². The van der Waals surface area contributed by atoms with E-state index in [0.717, 1.165) is 41.7 Å². The minimum atomic E-state index is -0.220. The molecule has 7 heteroatoms. The molecule has 150 valence electrons. The highest BCUT2D eigenvalue weighted by Gasteiger charge is 2.27. The number of likely N-dealkylation sites (N-methyl/N-ethyl adjacent to an activating group) is 1. The third kappa shape index (κ3) is 4.74. The van der Waals surface area contributed by atoms with Crippen LogP contribution in [-0.2, 0) is 12.8 Å². The van der Waals surface area contributed by atoms with Gasteiger partial charge in [-0.05, 0) is 30.7 Å². The monoisotopic (exact) mass is 392 g/mol. The zero-order chi connectivity index (χ0) is 20.2. The Morgan fingerprint density at radius 2 is 1.93 bits per heavy atom. The molecule has 0 radical (unpaired) electrons. The number of nitrogens with zero attached hydrogens (tertiary/aromatic N) is 5. The van der Waals surface area contributed by atoms with Gasteiger partial charge in [0.05, 0.1) is 11.4 Å². The van der Waals surface area contributed by atoms with Crippen LogP contribution < -0.4 is 10.2 Å². The van der Waals surface area contributed by atoms with Crippen molar-refractivity contribution in [1.29, 1.82) is 0 Å². The van der Waals surface area contributed by atoms with E-state index in [0.29, 0.717) is 18.9 Å². The highest BCUT2D eigenvalue weighted by atomic mass is 19.1. The van der Waals surface area contributed by atoms with Crippen LogP contribution in [-0.4, -0.2) is 46.1 Å². The van der Waals surface area contributed by atoms with E-state index in [1.807, 2.05) is 25.2 Å². The van der Waals surface area contributed by atoms with Crippen LogP contribution in [0, 0.1) is 5.82 Å². The largest absolute Gasteiger partial charge is 0.353 e. The molecule has 0 amide bonds. The Morgan fingerprint density at radius 1 is 1.14 bits per heavy atom. The summed E-state index contributed by atoms with van der Waals surface area (Å²) in [6.07, 6.45) is 6.44. The maximum atomic E-state index is 13.2. The molecule has 2 aromatic heterocycles. The molecular weight excluding hydrogens is 367 g/mol. The predicted octanol–water partition coefficient (Wildman–Crippen LogP) is 2.75. The van der Waals surface area contributed by atoms with E-state index < -0.39 is 0 Å². The fourth-order valence-corrected chi connectivity index (χ4v) is 3.52. The van der Waals surface area contributed by atoms with Gasteiger partial charge < -0.3 is 10.2 Å². The summed E-state index contributed by atoms with van der Waals surface area (Å²) >= 11 is 0. The summed E-state index contributed by atoms with van der Waals surface area (Å²) in [6, 6.07) is 9.21. The maximum absolute atomic E-state index is 13.2. The molecular formula is C22H25FN6. The lowest BCUT2D eigenvalue weighted by molar-refractivity contribution is 0.446. The van der Waals surface area contributed by atoms with E-state index in [1.165, 1.54) is 12.1 Å². The van der Waals surface area contributed by atoms with Crippen molar-refractivity contribution in [2.75, 3.05) is 25.0 Å². The summed E-state index contributed by atoms with van der Waals surface area (Å²) in [6.45, 7) is 3.99. The molecule has 3 heterocycles. The summed E-state index contributed by atoms with van der Waals surface area (Å²) in [5.74, 6) is 1.72.